The number of hydrazine groups is 1. The summed E-state index contributed by atoms with van der Waals surface area (Å²) in [6.45, 7) is 1.90. The first kappa shape index (κ1) is 12.7. The van der Waals surface area contributed by atoms with E-state index in [1.54, 1.807) is 0 Å². The van der Waals surface area contributed by atoms with Gasteiger partial charge in [-0.05, 0) is 19.8 Å². The van der Waals surface area contributed by atoms with Crippen LogP contribution in [0.5, 0.6) is 0 Å². The second-order valence-electron chi connectivity index (χ2n) is 3.19. The highest BCUT2D eigenvalue weighted by Crippen LogP contribution is 2.11. The van der Waals surface area contributed by atoms with E-state index in [1.165, 1.54) is 6.92 Å². The first-order chi connectivity index (χ1) is 6.42. The number of carboxylic acids is 1. The molecule has 7 heteroatoms. The molecule has 0 aliphatic carbocycles. The molecule has 0 aliphatic heterocycles. The Balaban J connectivity index is 3.97. The van der Waals surface area contributed by atoms with Gasteiger partial charge in [0.1, 0.15) is 5.54 Å². The lowest BCUT2D eigenvalue weighted by Gasteiger charge is -2.22. The van der Waals surface area contributed by atoms with Crippen LogP contribution in [0.1, 0.15) is 19.8 Å². The van der Waals surface area contributed by atoms with E-state index in [9.17, 15) is 4.79 Å². The van der Waals surface area contributed by atoms with Gasteiger partial charge in [0.05, 0.1) is 0 Å². The summed E-state index contributed by atoms with van der Waals surface area (Å²) in [7, 11) is 0. The van der Waals surface area contributed by atoms with Gasteiger partial charge in [0, 0.05) is 6.54 Å². The van der Waals surface area contributed by atoms with E-state index in [0.717, 1.165) is 0 Å². The highest BCUT2D eigenvalue weighted by molar-refractivity contribution is 5.78. The summed E-state index contributed by atoms with van der Waals surface area (Å²) in [5, 5.41) is 8.81. The fourth-order valence-electron chi connectivity index (χ4n) is 0.882. The van der Waals surface area contributed by atoms with E-state index >= 15 is 0 Å². The molecule has 82 valence electrons. The quantitative estimate of drug-likeness (QED) is 0.115. The number of aliphatic imine (C=N–C) groups is 1. The Morgan fingerprint density at radius 2 is 2.14 bits per heavy atom. The number of nitrogens with one attached hydrogen (secondary N) is 1. The molecule has 1 unspecified atom stereocenters. The van der Waals surface area contributed by atoms with Crippen LogP contribution in [-0.4, -0.2) is 29.1 Å². The summed E-state index contributed by atoms with van der Waals surface area (Å²) in [6.07, 6.45) is 0.903. The maximum atomic E-state index is 10.8. The number of carboxylic acid groups (broad SMARTS) is 1. The van der Waals surface area contributed by atoms with Crippen molar-refractivity contribution in [2.24, 2.45) is 22.3 Å². The minimum atomic E-state index is -1.13. The number of aliphatic carboxylic acids is 1. The third-order valence-electron chi connectivity index (χ3n) is 1.92. The van der Waals surface area contributed by atoms with E-state index < -0.39 is 11.5 Å². The van der Waals surface area contributed by atoms with Crippen molar-refractivity contribution in [3.05, 3.63) is 0 Å². The van der Waals surface area contributed by atoms with Gasteiger partial charge in [-0.15, -0.1) is 0 Å². The summed E-state index contributed by atoms with van der Waals surface area (Å²) in [5.74, 6) is 4.14. The van der Waals surface area contributed by atoms with Crippen molar-refractivity contribution < 1.29 is 9.90 Å². The summed E-state index contributed by atoms with van der Waals surface area (Å²) < 4.78 is 0. The fraction of sp³-hybridized carbons (Fsp3) is 0.714. The van der Waals surface area contributed by atoms with E-state index in [-0.39, 0.29) is 5.96 Å². The highest BCUT2D eigenvalue weighted by atomic mass is 16.4. The van der Waals surface area contributed by atoms with Crippen molar-refractivity contribution in [1.82, 2.24) is 5.43 Å². The van der Waals surface area contributed by atoms with Gasteiger partial charge >= 0.3 is 5.97 Å². The first-order valence-corrected chi connectivity index (χ1v) is 4.19. The monoisotopic (exact) mass is 203 g/mol. The Labute approximate surface area is 82.3 Å². The van der Waals surface area contributed by atoms with Crippen LogP contribution in [0.4, 0.5) is 0 Å². The zero-order valence-corrected chi connectivity index (χ0v) is 8.16. The zero-order chi connectivity index (χ0) is 11.2. The van der Waals surface area contributed by atoms with Crippen LogP contribution in [0.2, 0.25) is 0 Å². The molecule has 0 aromatic heterocycles. The second kappa shape index (κ2) is 5.40. The largest absolute Gasteiger partial charge is 0.480 e. The molecule has 14 heavy (non-hydrogen) atoms. The van der Waals surface area contributed by atoms with Crippen molar-refractivity contribution in [1.29, 1.82) is 0 Å². The average Bonchev–Trinajstić information content (AvgIpc) is 2.11. The minimum absolute atomic E-state index is 0.00253. The van der Waals surface area contributed by atoms with Gasteiger partial charge in [0.2, 0.25) is 0 Å². The van der Waals surface area contributed by atoms with Crippen LogP contribution in [0.25, 0.3) is 0 Å². The average molecular weight is 203 g/mol. The molecule has 0 saturated heterocycles. The minimum Gasteiger partial charge on any atom is -0.480 e. The van der Waals surface area contributed by atoms with E-state index in [4.69, 9.17) is 22.4 Å². The molecule has 0 bridgehead atoms. The van der Waals surface area contributed by atoms with Crippen molar-refractivity contribution in [2.75, 3.05) is 6.54 Å². The molecule has 0 aromatic rings. The molecule has 0 fully saturated rings. The molecule has 7 nitrogen and oxygen atoms in total. The van der Waals surface area contributed by atoms with E-state index in [0.29, 0.717) is 19.4 Å². The Hall–Kier alpha value is -1.34. The van der Waals surface area contributed by atoms with Crippen LogP contribution in [-0.2, 0) is 4.79 Å². The molecule has 0 amide bonds. The molecule has 1 atom stereocenters. The van der Waals surface area contributed by atoms with Crippen molar-refractivity contribution >= 4 is 11.9 Å². The summed E-state index contributed by atoms with van der Waals surface area (Å²) in [4.78, 5) is 14.5. The van der Waals surface area contributed by atoms with Gasteiger partial charge in [-0.25, -0.2) is 5.43 Å². The Bertz CT molecular complexity index is 226. The zero-order valence-electron chi connectivity index (χ0n) is 8.16. The molecular formula is C7H17N5O2. The third kappa shape index (κ3) is 4.06. The Morgan fingerprint density at radius 3 is 2.50 bits per heavy atom. The van der Waals surface area contributed by atoms with Gasteiger partial charge in [0.25, 0.3) is 0 Å². The Kier molecular flexibility index (Phi) is 4.89. The van der Waals surface area contributed by atoms with Gasteiger partial charge in [-0.1, -0.05) is 0 Å². The Morgan fingerprint density at radius 1 is 1.57 bits per heavy atom. The normalized spacial score (nSPS) is 14.4. The van der Waals surface area contributed by atoms with Gasteiger partial charge in [0.15, 0.2) is 5.96 Å². The first-order valence-electron chi connectivity index (χ1n) is 4.19. The topological polar surface area (TPSA) is 140 Å². The summed E-state index contributed by atoms with van der Waals surface area (Å²) >= 11 is 0. The predicted molar refractivity (Wildman–Crippen MR) is 53.3 cm³/mol. The van der Waals surface area contributed by atoms with Gasteiger partial charge < -0.3 is 16.6 Å². The maximum Gasteiger partial charge on any atom is 0.324 e. The van der Waals surface area contributed by atoms with Crippen molar-refractivity contribution in [3.8, 4) is 0 Å². The predicted octanol–water partition coefficient (Wildman–Crippen LogP) is -1.65. The number of guanidine groups is 1. The summed E-state index contributed by atoms with van der Waals surface area (Å²) in [5.41, 5.74) is 11.3. The molecule has 8 N–H and O–H groups in total. The van der Waals surface area contributed by atoms with Crippen molar-refractivity contribution in [2.45, 2.75) is 25.3 Å². The third-order valence-corrected chi connectivity index (χ3v) is 1.92. The molecule has 0 rings (SSSR count). The van der Waals surface area contributed by atoms with Crippen LogP contribution in [0, 0.1) is 0 Å². The fourth-order valence-corrected chi connectivity index (χ4v) is 0.882. The lowest BCUT2D eigenvalue weighted by Crippen LogP contribution is -2.53. The second-order valence-corrected chi connectivity index (χ2v) is 3.19. The van der Waals surface area contributed by atoms with Crippen LogP contribution >= 0.6 is 0 Å². The lowest BCUT2D eigenvalue weighted by molar-refractivity contribution is -0.144. The number of nitrogens with zero attached hydrogens (tertiary/aromatic N) is 1. The number of nitrogens with two attached hydrogens (primary N) is 3. The molecule has 0 saturated carbocycles. The maximum absolute atomic E-state index is 10.8. The molecule has 0 radical (unpaired) electrons. The standard InChI is InChI=1S/C7H17N5O2/c1-7(12-10,5(13)14)3-2-4-11-6(8)9/h12H,2-4,10H2,1H3,(H,13,14)(H4,8,9,11). The molecule has 0 spiro atoms. The molecule has 0 aliphatic rings. The van der Waals surface area contributed by atoms with Gasteiger partial charge in [-0.3, -0.25) is 15.6 Å². The molecular weight excluding hydrogens is 186 g/mol. The number of hydrogen-bond donors (Lipinski definition) is 5. The number of carbonyl (C=O) groups is 1. The lowest BCUT2D eigenvalue weighted by atomic mass is 9.97. The smallest absolute Gasteiger partial charge is 0.324 e. The van der Waals surface area contributed by atoms with E-state index in [1.807, 2.05) is 0 Å². The van der Waals surface area contributed by atoms with Gasteiger partial charge in [-0.2, -0.15) is 0 Å². The van der Waals surface area contributed by atoms with Crippen LogP contribution in [0.15, 0.2) is 4.99 Å². The number of rotatable bonds is 6. The van der Waals surface area contributed by atoms with E-state index in [2.05, 4.69) is 10.4 Å². The van der Waals surface area contributed by atoms with Crippen LogP contribution in [0.3, 0.4) is 0 Å². The molecule has 0 heterocycles. The van der Waals surface area contributed by atoms with Crippen LogP contribution < -0.4 is 22.7 Å². The number of hydrogen-bond acceptors (Lipinski definition) is 4. The van der Waals surface area contributed by atoms with Crippen molar-refractivity contribution in [3.63, 3.8) is 0 Å². The SMILES string of the molecule is CC(CCCN=C(N)N)(NN)C(=O)O. The summed E-state index contributed by atoms with van der Waals surface area (Å²) in [6, 6.07) is 0. The highest BCUT2D eigenvalue weighted by Gasteiger charge is 2.30. The molecule has 0 aromatic carbocycles.